The second kappa shape index (κ2) is 8.12. The number of amides is 2. The number of ether oxygens (including phenoxy) is 2. The summed E-state index contributed by atoms with van der Waals surface area (Å²) in [6.45, 7) is 2.82. The fraction of sp³-hybridized carbons (Fsp3) is 0.333. The highest BCUT2D eigenvalue weighted by Crippen LogP contribution is 2.47. The van der Waals surface area contributed by atoms with Crippen LogP contribution in [0.4, 0.5) is 5.69 Å². The number of hydrogen-bond donors (Lipinski definition) is 2. The van der Waals surface area contributed by atoms with Crippen molar-refractivity contribution in [1.29, 1.82) is 0 Å². The highest BCUT2D eigenvalue weighted by atomic mass is 16.5. The number of carbonyl (C=O) groups is 2. The Labute approximate surface area is 158 Å². The van der Waals surface area contributed by atoms with Gasteiger partial charge >= 0.3 is 0 Å². The third kappa shape index (κ3) is 4.22. The van der Waals surface area contributed by atoms with E-state index in [-0.39, 0.29) is 11.8 Å². The first-order chi connectivity index (χ1) is 13.1. The minimum absolute atomic E-state index is 0.253. The molecule has 0 heterocycles. The van der Waals surface area contributed by atoms with Crippen molar-refractivity contribution < 1.29 is 19.1 Å². The fourth-order valence-corrected chi connectivity index (χ4v) is 2.93. The summed E-state index contributed by atoms with van der Waals surface area (Å²) in [5.41, 5.74) is 0.531. The number of rotatable bonds is 8. The molecule has 1 saturated carbocycles. The molecule has 0 radical (unpaired) electrons. The van der Waals surface area contributed by atoms with Crippen molar-refractivity contribution >= 4 is 17.5 Å². The maximum atomic E-state index is 12.7. The van der Waals surface area contributed by atoms with Gasteiger partial charge in [0.05, 0.1) is 13.7 Å². The van der Waals surface area contributed by atoms with Crippen LogP contribution in [0.2, 0.25) is 0 Å². The molecular formula is C21H24N2O4. The van der Waals surface area contributed by atoms with Crippen LogP contribution in [0.3, 0.4) is 0 Å². The Hall–Kier alpha value is -3.02. The van der Waals surface area contributed by atoms with E-state index in [0.717, 1.165) is 11.3 Å². The molecule has 2 amide bonds. The third-order valence-corrected chi connectivity index (χ3v) is 4.67. The zero-order chi connectivity index (χ0) is 19.3. The number of para-hydroxylation sites is 1. The van der Waals surface area contributed by atoms with Crippen LogP contribution in [0.5, 0.6) is 11.5 Å². The van der Waals surface area contributed by atoms with Crippen LogP contribution in [-0.2, 0) is 16.1 Å². The molecule has 0 saturated heterocycles. The molecule has 2 aromatic rings. The lowest BCUT2D eigenvalue weighted by molar-refractivity contribution is -0.134. The summed E-state index contributed by atoms with van der Waals surface area (Å²) in [7, 11) is 1.59. The SMILES string of the molecule is CCOc1ccc(NC(=O)C2(C(=O)NCc3ccccc3OC)CC2)cc1. The highest BCUT2D eigenvalue weighted by molar-refractivity contribution is 6.13. The van der Waals surface area contributed by atoms with Gasteiger partial charge in [0.15, 0.2) is 0 Å². The molecule has 1 aliphatic carbocycles. The first kappa shape index (κ1) is 18.8. The first-order valence-corrected chi connectivity index (χ1v) is 9.03. The van der Waals surface area contributed by atoms with Crippen molar-refractivity contribution in [2.75, 3.05) is 19.0 Å². The van der Waals surface area contributed by atoms with Crippen molar-refractivity contribution in [3.8, 4) is 11.5 Å². The molecule has 2 aromatic carbocycles. The van der Waals surface area contributed by atoms with Gasteiger partial charge in [-0.15, -0.1) is 0 Å². The summed E-state index contributed by atoms with van der Waals surface area (Å²) in [6, 6.07) is 14.6. The van der Waals surface area contributed by atoms with E-state index in [4.69, 9.17) is 9.47 Å². The monoisotopic (exact) mass is 368 g/mol. The van der Waals surface area contributed by atoms with Gasteiger partial charge in [0.25, 0.3) is 0 Å². The molecule has 0 aromatic heterocycles. The Bertz CT molecular complexity index is 813. The number of anilines is 1. The van der Waals surface area contributed by atoms with Gasteiger partial charge in [-0.2, -0.15) is 0 Å². The largest absolute Gasteiger partial charge is 0.496 e. The lowest BCUT2D eigenvalue weighted by Gasteiger charge is -2.16. The van der Waals surface area contributed by atoms with Crippen LogP contribution in [-0.4, -0.2) is 25.5 Å². The summed E-state index contributed by atoms with van der Waals surface area (Å²) >= 11 is 0. The third-order valence-electron chi connectivity index (χ3n) is 4.67. The summed E-state index contributed by atoms with van der Waals surface area (Å²) in [5, 5.41) is 5.70. The Morgan fingerprint density at radius 3 is 2.37 bits per heavy atom. The van der Waals surface area contributed by atoms with Gasteiger partial charge in [-0.05, 0) is 50.1 Å². The summed E-state index contributed by atoms with van der Waals surface area (Å²) < 4.78 is 10.7. The Kier molecular flexibility index (Phi) is 5.64. The van der Waals surface area contributed by atoms with Crippen LogP contribution in [0.25, 0.3) is 0 Å². The number of nitrogens with one attached hydrogen (secondary N) is 2. The number of methoxy groups -OCH3 is 1. The average Bonchev–Trinajstić information content (AvgIpc) is 3.50. The molecular weight excluding hydrogens is 344 g/mol. The molecule has 6 heteroatoms. The van der Waals surface area contributed by atoms with Crippen LogP contribution in [0.1, 0.15) is 25.3 Å². The minimum atomic E-state index is -0.986. The maximum absolute atomic E-state index is 12.7. The molecule has 6 nitrogen and oxygen atoms in total. The van der Waals surface area contributed by atoms with Gasteiger partial charge in [0.1, 0.15) is 16.9 Å². The molecule has 1 fully saturated rings. The lowest BCUT2D eigenvalue weighted by Crippen LogP contribution is -2.39. The number of carbonyl (C=O) groups excluding carboxylic acids is 2. The quantitative estimate of drug-likeness (QED) is 0.702. The molecule has 142 valence electrons. The van der Waals surface area contributed by atoms with Crippen molar-refractivity contribution in [2.45, 2.75) is 26.3 Å². The van der Waals surface area contributed by atoms with Crippen LogP contribution in [0.15, 0.2) is 48.5 Å². The Morgan fingerprint density at radius 2 is 1.74 bits per heavy atom. The zero-order valence-corrected chi connectivity index (χ0v) is 15.6. The van der Waals surface area contributed by atoms with E-state index in [1.165, 1.54) is 0 Å². The topological polar surface area (TPSA) is 76.7 Å². The van der Waals surface area contributed by atoms with Crippen molar-refractivity contribution in [1.82, 2.24) is 5.32 Å². The molecule has 0 atom stereocenters. The lowest BCUT2D eigenvalue weighted by atomic mass is 10.0. The van der Waals surface area contributed by atoms with Gasteiger partial charge in [0, 0.05) is 17.8 Å². The molecule has 2 N–H and O–H groups in total. The highest BCUT2D eigenvalue weighted by Gasteiger charge is 2.56. The van der Waals surface area contributed by atoms with Crippen molar-refractivity contribution in [3.05, 3.63) is 54.1 Å². The van der Waals surface area contributed by atoms with Gasteiger partial charge in [0.2, 0.25) is 11.8 Å². The zero-order valence-electron chi connectivity index (χ0n) is 15.6. The Morgan fingerprint density at radius 1 is 1.04 bits per heavy atom. The van der Waals surface area contributed by atoms with Crippen LogP contribution in [0, 0.1) is 5.41 Å². The fourth-order valence-electron chi connectivity index (χ4n) is 2.93. The normalized spacial score (nSPS) is 14.1. The van der Waals surface area contributed by atoms with E-state index < -0.39 is 5.41 Å². The molecule has 1 aliphatic rings. The Balaban J connectivity index is 1.60. The van der Waals surface area contributed by atoms with E-state index in [9.17, 15) is 9.59 Å². The summed E-state index contributed by atoms with van der Waals surface area (Å²) in [5.74, 6) is 0.925. The smallest absolute Gasteiger partial charge is 0.240 e. The van der Waals surface area contributed by atoms with E-state index in [0.29, 0.717) is 37.4 Å². The molecule has 27 heavy (non-hydrogen) atoms. The maximum Gasteiger partial charge on any atom is 0.240 e. The van der Waals surface area contributed by atoms with Crippen LogP contribution >= 0.6 is 0 Å². The van der Waals surface area contributed by atoms with E-state index in [2.05, 4.69) is 10.6 Å². The minimum Gasteiger partial charge on any atom is -0.496 e. The van der Waals surface area contributed by atoms with Gasteiger partial charge in [-0.25, -0.2) is 0 Å². The van der Waals surface area contributed by atoms with E-state index >= 15 is 0 Å². The summed E-state index contributed by atoms with van der Waals surface area (Å²) in [6.07, 6.45) is 1.10. The second-order valence-corrected chi connectivity index (χ2v) is 6.49. The first-order valence-electron chi connectivity index (χ1n) is 9.03. The average molecular weight is 368 g/mol. The predicted octanol–water partition coefficient (Wildman–Crippen LogP) is 3.13. The van der Waals surface area contributed by atoms with Gasteiger partial charge in [-0.1, -0.05) is 18.2 Å². The standard InChI is InChI=1S/C21H24N2O4/c1-3-27-17-10-8-16(9-11-17)23-20(25)21(12-13-21)19(24)22-14-15-6-4-5-7-18(15)26-2/h4-11H,3,12-14H2,1-2H3,(H,22,24)(H,23,25). The van der Waals surface area contributed by atoms with E-state index in [1.807, 2.05) is 31.2 Å². The van der Waals surface area contributed by atoms with Crippen LogP contribution < -0.4 is 20.1 Å². The molecule has 0 spiro atoms. The molecule has 0 unspecified atom stereocenters. The van der Waals surface area contributed by atoms with Gasteiger partial charge < -0.3 is 20.1 Å². The number of hydrogen-bond acceptors (Lipinski definition) is 4. The molecule has 0 aliphatic heterocycles. The second-order valence-electron chi connectivity index (χ2n) is 6.49. The molecule has 0 bridgehead atoms. The van der Waals surface area contributed by atoms with E-state index in [1.54, 1.807) is 31.4 Å². The predicted molar refractivity (Wildman–Crippen MR) is 103 cm³/mol. The van der Waals surface area contributed by atoms with Crippen molar-refractivity contribution in [3.63, 3.8) is 0 Å². The number of benzene rings is 2. The molecule has 3 rings (SSSR count). The van der Waals surface area contributed by atoms with Crippen molar-refractivity contribution in [2.24, 2.45) is 5.41 Å². The van der Waals surface area contributed by atoms with Gasteiger partial charge in [-0.3, -0.25) is 9.59 Å². The summed E-state index contributed by atoms with van der Waals surface area (Å²) in [4.78, 5) is 25.3.